The Morgan fingerprint density at radius 1 is 0.955 bits per heavy atom. The highest BCUT2D eigenvalue weighted by molar-refractivity contribution is 6.04. The lowest BCUT2D eigenvalue weighted by Crippen LogP contribution is -2.12. The van der Waals surface area contributed by atoms with Crippen LogP contribution in [-0.2, 0) is 4.79 Å². The van der Waals surface area contributed by atoms with Crippen molar-refractivity contribution in [2.24, 2.45) is 0 Å². The first-order chi connectivity index (χ1) is 10.5. The van der Waals surface area contributed by atoms with Gasteiger partial charge in [-0.05, 0) is 48.5 Å². The van der Waals surface area contributed by atoms with E-state index in [4.69, 9.17) is 4.74 Å². The van der Waals surface area contributed by atoms with Gasteiger partial charge in [-0.2, -0.15) is 0 Å². The molecule has 0 aliphatic carbocycles. The lowest BCUT2D eigenvalue weighted by atomic mass is 10.2. The molecule has 5 nitrogen and oxygen atoms in total. The Hall–Kier alpha value is -2.82. The van der Waals surface area contributed by atoms with Crippen molar-refractivity contribution in [1.82, 2.24) is 0 Å². The van der Waals surface area contributed by atoms with Crippen LogP contribution in [0.25, 0.3) is 0 Å². The molecule has 0 unspecified atom stereocenters. The van der Waals surface area contributed by atoms with E-state index in [2.05, 4.69) is 5.32 Å². The second kappa shape index (κ2) is 6.76. The topological polar surface area (TPSA) is 58.6 Å². The van der Waals surface area contributed by atoms with Crippen LogP contribution in [0.3, 0.4) is 0 Å². The molecule has 22 heavy (non-hydrogen) atoms. The molecule has 0 atom stereocenters. The quantitative estimate of drug-likeness (QED) is 0.696. The number of benzene rings is 2. The fraction of sp³-hybridized carbons (Fsp3) is 0.176. The minimum absolute atomic E-state index is 0.216. The minimum Gasteiger partial charge on any atom is -0.427 e. The van der Waals surface area contributed by atoms with Gasteiger partial charge in [-0.15, -0.1) is 0 Å². The average Bonchev–Trinajstić information content (AvgIpc) is 2.48. The van der Waals surface area contributed by atoms with Crippen LogP contribution in [0.15, 0.2) is 48.5 Å². The molecule has 0 bridgehead atoms. The van der Waals surface area contributed by atoms with Gasteiger partial charge in [0.2, 0.25) is 0 Å². The fourth-order valence-electron chi connectivity index (χ4n) is 1.89. The van der Waals surface area contributed by atoms with Crippen molar-refractivity contribution in [2.75, 3.05) is 24.3 Å². The van der Waals surface area contributed by atoms with Gasteiger partial charge >= 0.3 is 5.97 Å². The highest BCUT2D eigenvalue weighted by atomic mass is 16.5. The summed E-state index contributed by atoms with van der Waals surface area (Å²) in [6.45, 7) is 1.33. The molecular weight excluding hydrogens is 280 g/mol. The van der Waals surface area contributed by atoms with E-state index in [1.54, 1.807) is 24.3 Å². The fourth-order valence-corrected chi connectivity index (χ4v) is 1.89. The third kappa shape index (κ3) is 4.09. The van der Waals surface area contributed by atoms with Crippen LogP contribution in [0.4, 0.5) is 11.4 Å². The SMILES string of the molecule is CC(=O)Oc1ccc(C(=O)Nc2ccc(N(C)C)cc2)cc1. The molecule has 114 valence electrons. The molecule has 1 amide bonds. The van der Waals surface area contributed by atoms with E-state index in [-0.39, 0.29) is 5.91 Å². The molecule has 0 spiro atoms. The standard InChI is InChI=1S/C17H18N2O3/c1-12(20)22-16-10-4-13(5-11-16)17(21)18-14-6-8-15(9-7-14)19(2)3/h4-11H,1-3H3,(H,18,21). The van der Waals surface area contributed by atoms with Crippen molar-refractivity contribution in [3.8, 4) is 5.75 Å². The summed E-state index contributed by atoms with van der Waals surface area (Å²) in [4.78, 5) is 25.0. The molecule has 0 fully saturated rings. The van der Waals surface area contributed by atoms with Crippen LogP contribution in [0.5, 0.6) is 5.75 Å². The first-order valence-electron chi connectivity index (χ1n) is 6.83. The first-order valence-corrected chi connectivity index (χ1v) is 6.83. The molecule has 0 saturated carbocycles. The highest BCUT2D eigenvalue weighted by Gasteiger charge is 2.07. The lowest BCUT2D eigenvalue weighted by Gasteiger charge is -2.13. The number of carbonyl (C=O) groups is 2. The summed E-state index contributed by atoms with van der Waals surface area (Å²) in [5, 5.41) is 2.82. The van der Waals surface area contributed by atoms with Crippen molar-refractivity contribution in [3.63, 3.8) is 0 Å². The number of amides is 1. The molecule has 0 aliphatic rings. The van der Waals surface area contributed by atoms with Crippen molar-refractivity contribution in [3.05, 3.63) is 54.1 Å². The van der Waals surface area contributed by atoms with Crippen LogP contribution in [0.1, 0.15) is 17.3 Å². The lowest BCUT2D eigenvalue weighted by molar-refractivity contribution is -0.131. The Morgan fingerprint density at radius 2 is 1.55 bits per heavy atom. The second-order valence-corrected chi connectivity index (χ2v) is 5.01. The molecule has 1 N–H and O–H groups in total. The largest absolute Gasteiger partial charge is 0.427 e. The molecule has 0 saturated heterocycles. The van der Waals surface area contributed by atoms with E-state index in [1.165, 1.54) is 6.92 Å². The summed E-state index contributed by atoms with van der Waals surface area (Å²) in [6, 6.07) is 14.0. The summed E-state index contributed by atoms with van der Waals surface area (Å²) in [5.74, 6) is -0.190. The number of hydrogen-bond donors (Lipinski definition) is 1. The van der Waals surface area contributed by atoms with Gasteiger partial charge in [0, 0.05) is 38.0 Å². The van der Waals surface area contributed by atoms with Gasteiger partial charge in [0.25, 0.3) is 5.91 Å². The van der Waals surface area contributed by atoms with Gasteiger partial charge < -0.3 is 15.0 Å². The van der Waals surface area contributed by atoms with Crippen LogP contribution >= 0.6 is 0 Å². The molecule has 0 aromatic heterocycles. The van der Waals surface area contributed by atoms with E-state index in [1.807, 2.05) is 43.3 Å². The van der Waals surface area contributed by atoms with Gasteiger partial charge in [-0.1, -0.05) is 0 Å². The van der Waals surface area contributed by atoms with E-state index in [9.17, 15) is 9.59 Å². The minimum atomic E-state index is -0.391. The van der Waals surface area contributed by atoms with Crippen molar-refractivity contribution >= 4 is 23.3 Å². The monoisotopic (exact) mass is 298 g/mol. The number of anilines is 2. The number of ether oxygens (including phenoxy) is 1. The number of nitrogens with one attached hydrogen (secondary N) is 1. The highest BCUT2D eigenvalue weighted by Crippen LogP contribution is 2.17. The molecule has 0 radical (unpaired) electrons. The second-order valence-electron chi connectivity index (χ2n) is 5.01. The zero-order chi connectivity index (χ0) is 16.1. The van der Waals surface area contributed by atoms with Crippen LogP contribution in [0, 0.1) is 0 Å². The number of carbonyl (C=O) groups excluding carboxylic acids is 2. The number of hydrogen-bond acceptors (Lipinski definition) is 4. The van der Waals surface area contributed by atoms with Crippen LogP contribution in [0.2, 0.25) is 0 Å². The maximum atomic E-state index is 12.1. The third-order valence-corrected chi connectivity index (χ3v) is 3.02. The van der Waals surface area contributed by atoms with Gasteiger partial charge in [0.1, 0.15) is 5.75 Å². The van der Waals surface area contributed by atoms with Gasteiger partial charge in [-0.3, -0.25) is 9.59 Å². The Labute approximate surface area is 129 Å². The summed E-state index contributed by atoms with van der Waals surface area (Å²) >= 11 is 0. The number of nitrogens with zero attached hydrogens (tertiary/aromatic N) is 1. The van der Waals surface area contributed by atoms with E-state index >= 15 is 0 Å². The average molecular weight is 298 g/mol. The van der Waals surface area contributed by atoms with Crippen molar-refractivity contribution in [1.29, 1.82) is 0 Å². The molecule has 2 aromatic carbocycles. The van der Waals surface area contributed by atoms with Gasteiger partial charge in [-0.25, -0.2) is 0 Å². The van der Waals surface area contributed by atoms with Crippen LogP contribution in [-0.4, -0.2) is 26.0 Å². The predicted molar refractivity (Wildman–Crippen MR) is 86.5 cm³/mol. The molecule has 2 aromatic rings. The number of esters is 1. The zero-order valence-corrected chi connectivity index (χ0v) is 12.8. The van der Waals surface area contributed by atoms with Crippen LogP contribution < -0.4 is 15.0 Å². The Balaban J connectivity index is 2.03. The van der Waals surface area contributed by atoms with Crippen molar-refractivity contribution < 1.29 is 14.3 Å². The zero-order valence-electron chi connectivity index (χ0n) is 12.8. The predicted octanol–water partition coefficient (Wildman–Crippen LogP) is 2.93. The molecule has 2 rings (SSSR count). The molecular formula is C17H18N2O3. The smallest absolute Gasteiger partial charge is 0.308 e. The molecule has 0 aliphatic heterocycles. The van der Waals surface area contributed by atoms with E-state index in [0.29, 0.717) is 11.3 Å². The maximum Gasteiger partial charge on any atom is 0.308 e. The molecule has 0 heterocycles. The summed E-state index contributed by atoms with van der Waals surface area (Å²) in [7, 11) is 3.91. The Kier molecular flexibility index (Phi) is 4.78. The molecule has 5 heteroatoms. The Morgan fingerprint density at radius 3 is 2.05 bits per heavy atom. The van der Waals surface area contributed by atoms with Gasteiger partial charge in [0.05, 0.1) is 0 Å². The summed E-state index contributed by atoms with van der Waals surface area (Å²) in [6.07, 6.45) is 0. The normalized spacial score (nSPS) is 9.95. The third-order valence-electron chi connectivity index (χ3n) is 3.02. The van der Waals surface area contributed by atoms with E-state index in [0.717, 1.165) is 11.4 Å². The van der Waals surface area contributed by atoms with Crippen molar-refractivity contribution in [2.45, 2.75) is 6.92 Å². The Bertz CT molecular complexity index is 661. The first kappa shape index (κ1) is 15.6. The maximum absolute atomic E-state index is 12.1. The van der Waals surface area contributed by atoms with E-state index < -0.39 is 5.97 Å². The summed E-state index contributed by atoms with van der Waals surface area (Å²) in [5.41, 5.74) is 2.27. The van der Waals surface area contributed by atoms with Gasteiger partial charge in [0.15, 0.2) is 0 Å². The summed E-state index contributed by atoms with van der Waals surface area (Å²) < 4.78 is 4.93. The number of rotatable bonds is 4.